The molecule has 0 N–H and O–H groups in total. The summed E-state index contributed by atoms with van der Waals surface area (Å²) in [6, 6.07) is 3.44. The molecule has 0 amide bonds. The highest BCUT2D eigenvalue weighted by molar-refractivity contribution is 7.92. The summed E-state index contributed by atoms with van der Waals surface area (Å²) in [5.74, 6) is 0. The lowest BCUT2D eigenvalue weighted by atomic mass is 10.5. The zero-order valence-electron chi connectivity index (χ0n) is 5.79. The fourth-order valence-electron chi connectivity index (χ4n) is 0.611. The summed E-state index contributed by atoms with van der Waals surface area (Å²) in [7, 11) is -2.96. The van der Waals surface area contributed by atoms with Gasteiger partial charge in [0.2, 0.25) is 0 Å². The van der Waals surface area contributed by atoms with Gasteiger partial charge in [0.05, 0.1) is 0 Å². The molecule has 0 fully saturated rings. The molecule has 0 bridgehead atoms. The van der Waals surface area contributed by atoms with E-state index in [0.717, 1.165) is 4.88 Å². The van der Waals surface area contributed by atoms with Crippen LogP contribution in [0.5, 0.6) is 0 Å². The van der Waals surface area contributed by atoms with Gasteiger partial charge in [0.15, 0.2) is 9.84 Å². The molecule has 1 rings (SSSR count). The Labute approximate surface area is 64.4 Å². The number of sulfone groups is 1. The van der Waals surface area contributed by atoms with E-state index in [2.05, 4.69) is 0 Å². The maximum Gasteiger partial charge on any atom is 0.184 e. The zero-order chi connectivity index (χ0) is 7.78. The van der Waals surface area contributed by atoms with Crippen molar-refractivity contribution in [2.45, 2.75) is 11.1 Å². The Morgan fingerprint density at radius 3 is 2.20 bits per heavy atom. The molecule has 0 aliphatic carbocycles. The topological polar surface area (TPSA) is 34.1 Å². The summed E-state index contributed by atoms with van der Waals surface area (Å²) >= 11 is 1.31. The molecule has 10 heavy (non-hydrogen) atoms. The molecule has 0 unspecified atom stereocenters. The first-order chi connectivity index (χ1) is 4.50. The van der Waals surface area contributed by atoms with E-state index in [9.17, 15) is 8.42 Å². The molecular weight excluding hydrogens is 168 g/mol. The van der Waals surface area contributed by atoms with Gasteiger partial charge < -0.3 is 0 Å². The minimum Gasteiger partial charge on any atom is -0.223 e. The van der Waals surface area contributed by atoms with Gasteiger partial charge in [-0.2, -0.15) is 0 Å². The second-order valence-corrected chi connectivity index (χ2v) is 5.67. The van der Waals surface area contributed by atoms with Gasteiger partial charge in [0.1, 0.15) is 4.21 Å². The van der Waals surface area contributed by atoms with Crippen LogP contribution in [0.2, 0.25) is 0 Å². The molecule has 56 valence electrons. The van der Waals surface area contributed by atoms with E-state index in [-0.39, 0.29) is 0 Å². The molecule has 0 radical (unpaired) electrons. The summed E-state index contributed by atoms with van der Waals surface area (Å²) in [5.41, 5.74) is 0. The van der Waals surface area contributed by atoms with Crippen molar-refractivity contribution < 1.29 is 8.42 Å². The van der Waals surface area contributed by atoms with Crippen LogP contribution in [0.4, 0.5) is 0 Å². The van der Waals surface area contributed by atoms with Gasteiger partial charge in [-0.3, -0.25) is 0 Å². The summed E-state index contributed by atoms with van der Waals surface area (Å²) < 4.78 is 22.2. The number of hydrogen-bond acceptors (Lipinski definition) is 3. The molecule has 1 aromatic rings. The lowest BCUT2D eigenvalue weighted by molar-refractivity contribution is 0.604. The summed E-state index contributed by atoms with van der Waals surface area (Å²) in [6.07, 6.45) is 1.22. The molecule has 0 aliphatic rings. The Hall–Kier alpha value is -0.350. The van der Waals surface area contributed by atoms with Crippen molar-refractivity contribution in [3.63, 3.8) is 0 Å². The average Bonchev–Trinajstić information content (AvgIpc) is 2.11. The van der Waals surface area contributed by atoms with Crippen LogP contribution in [-0.4, -0.2) is 14.7 Å². The van der Waals surface area contributed by atoms with Gasteiger partial charge in [-0.05, 0) is 19.1 Å². The Kier molecular flexibility index (Phi) is 1.83. The maximum absolute atomic E-state index is 10.9. The van der Waals surface area contributed by atoms with Gasteiger partial charge in [-0.15, -0.1) is 11.3 Å². The predicted molar refractivity (Wildman–Crippen MR) is 42.2 cm³/mol. The predicted octanol–water partition coefficient (Wildman–Crippen LogP) is 1.46. The summed E-state index contributed by atoms with van der Waals surface area (Å²) in [6.45, 7) is 1.89. The molecule has 0 atom stereocenters. The second kappa shape index (κ2) is 2.36. The van der Waals surface area contributed by atoms with Crippen molar-refractivity contribution in [3.8, 4) is 0 Å². The first-order valence-electron chi connectivity index (χ1n) is 2.76. The first kappa shape index (κ1) is 7.75. The van der Waals surface area contributed by atoms with Crippen LogP contribution in [0.15, 0.2) is 16.3 Å². The number of aryl methyl sites for hydroxylation is 1. The fraction of sp³-hybridized carbons (Fsp3) is 0.333. The van der Waals surface area contributed by atoms with Crippen molar-refractivity contribution in [2.75, 3.05) is 6.26 Å². The van der Waals surface area contributed by atoms with E-state index in [1.54, 1.807) is 12.1 Å². The molecule has 1 aromatic heterocycles. The van der Waals surface area contributed by atoms with E-state index >= 15 is 0 Å². The van der Waals surface area contributed by atoms with Gasteiger partial charge in [-0.25, -0.2) is 8.42 Å². The Balaban J connectivity index is 3.21. The minimum atomic E-state index is -2.96. The Bertz CT molecular complexity index is 321. The minimum absolute atomic E-state index is 0.449. The van der Waals surface area contributed by atoms with Gasteiger partial charge in [0.25, 0.3) is 0 Å². The van der Waals surface area contributed by atoms with Crippen LogP contribution in [0.3, 0.4) is 0 Å². The number of rotatable bonds is 1. The van der Waals surface area contributed by atoms with Crippen LogP contribution in [0, 0.1) is 6.92 Å². The third-order valence-corrected chi connectivity index (χ3v) is 3.90. The SMILES string of the molecule is Cc1ccc(S(C)(=O)=O)s1. The maximum atomic E-state index is 10.9. The molecule has 2 nitrogen and oxygen atoms in total. The first-order valence-corrected chi connectivity index (χ1v) is 5.47. The molecule has 0 spiro atoms. The molecule has 0 aliphatic heterocycles. The van der Waals surface area contributed by atoms with Crippen molar-refractivity contribution in [3.05, 3.63) is 17.0 Å². The Morgan fingerprint density at radius 2 is 2.00 bits per heavy atom. The number of hydrogen-bond donors (Lipinski definition) is 0. The van der Waals surface area contributed by atoms with Gasteiger partial charge >= 0.3 is 0 Å². The highest BCUT2D eigenvalue weighted by Gasteiger charge is 2.07. The van der Waals surface area contributed by atoms with Crippen molar-refractivity contribution >= 4 is 21.2 Å². The number of thiophene rings is 1. The smallest absolute Gasteiger partial charge is 0.184 e. The van der Waals surface area contributed by atoms with E-state index < -0.39 is 9.84 Å². The van der Waals surface area contributed by atoms with Crippen molar-refractivity contribution in [2.24, 2.45) is 0 Å². The monoisotopic (exact) mass is 176 g/mol. The van der Waals surface area contributed by atoms with Crippen LogP contribution >= 0.6 is 11.3 Å². The van der Waals surface area contributed by atoms with E-state index in [1.807, 2.05) is 6.92 Å². The molecule has 0 saturated carbocycles. The zero-order valence-corrected chi connectivity index (χ0v) is 7.42. The fourth-order valence-corrected chi connectivity index (χ4v) is 2.52. The lowest BCUT2D eigenvalue weighted by Gasteiger charge is -1.87. The normalized spacial score (nSPS) is 11.8. The van der Waals surface area contributed by atoms with E-state index in [4.69, 9.17) is 0 Å². The van der Waals surface area contributed by atoms with Crippen LogP contribution < -0.4 is 0 Å². The highest BCUT2D eigenvalue weighted by Crippen LogP contribution is 2.19. The summed E-state index contributed by atoms with van der Waals surface area (Å²) in [4.78, 5) is 1.03. The quantitative estimate of drug-likeness (QED) is 0.649. The summed E-state index contributed by atoms with van der Waals surface area (Å²) in [5, 5.41) is 0. The molecule has 0 saturated heterocycles. The third-order valence-electron chi connectivity index (χ3n) is 1.08. The Morgan fingerprint density at radius 1 is 1.40 bits per heavy atom. The lowest BCUT2D eigenvalue weighted by Crippen LogP contribution is -1.91. The van der Waals surface area contributed by atoms with Crippen LogP contribution in [0.25, 0.3) is 0 Å². The van der Waals surface area contributed by atoms with Crippen molar-refractivity contribution in [1.82, 2.24) is 0 Å². The largest absolute Gasteiger partial charge is 0.223 e. The van der Waals surface area contributed by atoms with E-state index in [0.29, 0.717) is 4.21 Å². The standard InChI is InChI=1S/C6H8O2S2/c1-5-3-4-6(9-5)10(2,7)8/h3-4H,1-2H3. The average molecular weight is 176 g/mol. The van der Waals surface area contributed by atoms with Crippen molar-refractivity contribution in [1.29, 1.82) is 0 Å². The van der Waals surface area contributed by atoms with Crippen LogP contribution in [0.1, 0.15) is 4.88 Å². The van der Waals surface area contributed by atoms with Gasteiger partial charge in [-0.1, -0.05) is 0 Å². The van der Waals surface area contributed by atoms with Crippen LogP contribution in [-0.2, 0) is 9.84 Å². The molecule has 1 heterocycles. The second-order valence-electron chi connectivity index (χ2n) is 2.14. The molecule has 0 aromatic carbocycles. The molecular formula is C6H8O2S2. The highest BCUT2D eigenvalue weighted by atomic mass is 32.2. The third kappa shape index (κ3) is 1.58. The van der Waals surface area contributed by atoms with E-state index in [1.165, 1.54) is 17.6 Å². The van der Waals surface area contributed by atoms with Gasteiger partial charge in [0, 0.05) is 11.1 Å². The molecule has 4 heteroatoms.